The van der Waals surface area contributed by atoms with E-state index in [2.05, 4.69) is 35.8 Å². The second-order valence-electron chi connectivity index (χ2n) is 11.1. The average molecular weight is 588 g/mol. The molecule has 0 rings (SSSR count). The molecule has 2 atom stereocenters. The lowest BCUT2D eigenvalue weighted by Crippen LogP contribution is -2.45. The minimum atomic E-state index is -4.70. The predicted octanol–water partition coefficient (Wildman–Crippen LogP) is 8.68. The van der Waals surface area contributed by atoms with Crippen molar-refractivity contribution in [2.45, 2.75) is 167 Å². The minimum absolute atomic E-state index is 0.239. The zero-order valence-corrected chi connectivity index (χ0v) is 26.6. The van der Waals surface area contributed by atoms with Crippen molar-refractivity contribution in [3.05, 3.63) is 24.3 Å². The van der Waals surface area contributed by atoms with Crippen LogP contribution in [-0.4, -0.2) is 39.6 Å². The van der Waals surface area contributed by atoms with Gasteiger partial charge in [-0.2, -0.15) is 0 Å². The molecule has 0 fully saturated rings. The van der Waals surface area contributed by atoms with Crippen LogP contribution < -0.4 is 5.32 Å². The lowest BCUT2D eigenvalue weighted by Gasteiger charge is -2.22. The summed E-state index contributed by atoms with van der Waals surface area (Å²) in [6.07, 6.45) is 32.0. The van der Waals surface area contributed by atoms with Crippen LogP contribution in [-0.2, 0) is 13.9 Å². The second-order valence-corrected chi connectivity index (χ2v) is 12.4. The van der Waals surface area contributed by atoms with Crippen LogP contribution in [0.4, 0.5) is 0 Å². The molecule has 0 aromatic rings. The maximum Gasteiger partial charge on any atom is 0.469 e. The molecular formula is C32H62NO6P. The van der Waals surface area contributed by atoms with Gasteiger partial charge in [-0.15, -0.1) is 0 Å². The number of hydrogen-bond acceptors (Lipinski definition) is 4. The van der Waals surface area contributed by atoms with Crippen molar-refractivity contribution in [2.75, 3.05) is 6.61 Å². The van der Waals surface area contributed by atoms with E-state index in [4.69, 9.17) is 9.79 Å². The molecule has 7 nitrogen and oxygen atoms in total. The number of hydrogen-bond donors (Lipinski definition) is 4. The maximum absolute atomic E-state index is 12.4. The van der Waals surface area contributed by atoms with Gasteiger partial charge in [0.15, 0.2) is 0 Å². The molecule has 8 heteroatoms. The topological polar surface area (TPSA) is 116 Å². The van der Waals surface area contributed by atoms with Gasteiger partial charge >= 0.3 is 7.82 Å². The van der Waals surface area contributed by atoms with Gasteiger partial charge in [-0.05, 0) is 44.9 Å². The Hall–Kier alpha value is -0.980. The van der Waals surface area contributed by atoms with Gasteiger partial charge in [0.05, 0.1) is 18.8 Å². The summed E-state index contributed by atoms with van der Waals surface area (Å²) < 4.78 is 15.7. The first-order chi connectivity index (χ1) is 19.3. The number of carbonyl (C=O) groups is 1. The van der Waals surface area contributed by atoms with Crippen molar-refractivity contribution in [2.24, 2.45) is 0 Å². The molecule has 0 aliphatic rings. The maximum atomic E-state index is 12.4. The summed E-state index contributed by atoms with van der Waals surface area (Å²) in [5, 5.41) is 13.2. The van der Waals surface area contributed by atoms with Crippen LogP contribution in [0.15, 0.2) is 24.3 Å². The Morgan fingerprint density at radius 2 is 1.12 bits per heavy atom. The van der Waals surface area contributed by atoms with Crippen molar-refractivity contribution >= 4 is 13.7 Å². The van der Waals surface area contributed by atoms with Gasteiger partial charge in [-0.3, -0.25) is 9.32 Å². The van der Waals surface area contributed by atoms with Crippen LogP contribution in [0.5, 0.6) is 0 Å². The number of allylic oxidation sites excluding steroid dienone is 3. The van der Waals surface area contributed by atoms with E-state index in [0.717, 1.165) is 51.4 Å². The van der Waals surface area contributed by atoms with Crippen LogP contribution in [0, 0.1) is 0 Å². The number of carbonyl (C=O) groups excluding carboxylic acids is 1. The molecule has 0 aromatic carbocycles. The van der Waals surface area contributed by atoms with Crippen molar-refractivity contribution in [1.82, 2.24) is 5.32 Å². The number of phosphoric acid groups is 1. The molecule has 0 aliphatic carbocycles. The zero-order chi connectivity index (χ0) is 29.7. The van der Waals surface area contributed by atoms with E-state index in [0.29, 0.717) is 6.42 Å². The van der Waals surface area contributed by atoms with Crippen molar-refractivity contribution in [3.63, 3.8) is 0 Å². The van der Waals surface area contributed by atoms with Crippen LogP contribution in [0.2, 0.25) is 0 Å². The highest BCUT2D eigenvalue weighted by atomic mass is 31.2. The van der Waals surface area contributed by atoms with Crippen LogP contribution in [0.1, 0.15) is 155 Å². The molecule has 4 N–H and O–H groups in total. The third kappa shape index (κ3) is 28.5. The Balaban J connectivity index is 4.10. The Kier molecular flexibility index (Phi) is 27.5. The fourth-order valence-electron chi connectivity index (χ4n) is 4.63. The molecule has 0 aliphatic heterocycles. The lowest BCUT2D eigenvalue weighted by molar-refractivity contribution is -0.123. The normalized spacial score (nSPS) is 13.8. The molecule has 0 radical (unpaired) electrons. The van der Waals surface area contributed by atoms with E-state index in [1.54, 1.807) is 6.08 Å². The fourth-order valence-corrected chi connectivity index (χ4v) is 4.98. The summed E-state index contributed by atoms with van der Waals surface area (Å²) in [6.45, 7) is 4.00. The third-order valence-corrected chi connectivity index (χ3v) is 7.64. The van der Waals surface area contributed by atoms with Gasteiger partial charge in [0.1, 0.15) is 0 Å². The van der Waals surface area contributed by atoms with Gasteiger partial charge < -0.3 is 20.2 Å². The van der Waals surface area contributed by atoms with Crippen molar-refractivity contribution in [3.8, 4) is 0 Å². The van der Waals surface area contributed by atoms with Gasteiger partial charge in [0.25, 0.3) is 0 Å². The highest BCUT2D eigenvalue weighted by Crippen LogP contribution is 2.35. The second kappa shape index (κ2) is 28.2. The summed E-state index contributed by atoms with van der Waals surface area (Å²) in [5.74, 6) is -0.239. The van der Waals surface area contributed by atoms with E-state index < -0.39 is 26.6 Å². The number of rotatable bonds is 29. The molecule has 0 unspecified atom stereocenters. The van der Waals surface area contributed by atoms with Gasteiger partial charge in [-0.1, -0.05) is 128 Å². The summed E-state index contributed by atoms with van der Waals surface area (Å²) in [7, 11) is -4.70. The fraction of sp³-hybridized carbons (Fsp3) is 0.844. The lowest BCUT2D eigenvalue weighted by atomic mass is 10.1. The molecule has 40 heavy (non-hydrogen) atoms. The molecule has 0 bridgehead atoms. The Morgan fingerprint density at radius 1 is 0.700 bits per heavy atom. The van der Waals surface area contributed by atoms with Gasteiger partial charge in [-0.25, -0.2) is 4.57 Å². The molecule has 1 amide bonds. The molecular weight excluding hydrogens is 525 g/mol. The highest BCUT2D eigenvalue weighted by Gasteiger charge is 2.24. The average Bonchev–Trinajstić information content (AvgIpc) is 2.91. The van der Waals surface area contributed by atoms with Crippen LogP contribution in [0.25, 0.3) is 0 Å². The first kappa shape index (κ1) is 39.0. The number of unbranched alkanes of at least 4 members (excludes halogenated alkanes) is 18. The first-order valence-electron chi connectivity index (χ1n) is 16.3. The largest absolute Gasteiger partial charge is 0.469 e. The first-order valence-corrected chi connectivity index (χ1v) is 17.8. The quantitative estimate of drug-likeness (QED) is 0.0395. The monoisotopic (exact) mass is 587 g/mol. The highest BCUT2D eigenvalue weighted by molar-refractivity contribution is 7.46. The van der Waals surface area contributed by atoms with Gasteiger partial charge in [0.2, 0.25) is 5.91 Å². The van der Waals surface area contributed by atoms with Crippen molar-refractivity contribution in [1.29, 1.82) is 0 Å². The third-order valence-electron chi connectivity index (χ3n) is 7.15. The summed E-state index contributed by atoms with van der Waals surface area (Å²) in [6, 6.07) is -0.909. The summed E-state index contributed by atoms with van der Waals surface area (Å²) in [4.78, 5) is 30.5. The van der Waals surface area contributed by atoms with E-state index in [1.165, 1.54) is 83.5 Å². The summed E-state index contributed by atoms with van der Waals surface area (Å²) >= 11 is 0. The standard InChI is InChI=1S/C32H62NO6P/c1-3-5-7-9-11-13-14-15-16-17-18-20-22-24-26-28-32(35)33-30(29-39-40(36,37)38)31(34)27-25-23-21-19-12-10-8-6-4-2/h15-16,25,27,30-31,34H,3-14,17-24,26,28-29H2,1-2H3,(H,33,35)(H2,36,37,38)/b16-15-,27-25+/t30-,31+/m0/s1. The predicted molar refractivity (Wildman–Crippen MR) is 167 cm³/mol. The molecule has 236 valence electrons. The van der Waals surface area contributed by atoms with E-state index >= 15 is 0 Å². The minimum Gasteiger partial charge on any atom is -0.387 e. The smallest absolute Gasteiger partial charge is 0.387 e. The molecule has 0 saturated heterocycles. The van der Waals surface area contributed by atoms with E-state index in [9.17, 15) is 14.5 Å². The van der Waals surface area contributed by atoms with Crippen molar-refractivity contribution < 1.29 is 28.8 Å². The van der Waals surface area contributed by atoms with Gasteiger partial charge in [0, 0.05) is 6.42 Å². The SMILES string of the molecule is CCCCCCCC/C=C\CCCCCCCC(=O)N[C@@H](COP(=O)(O)O)[C@H](O)/C=C/CCCCCCCCC. The van der Waals surface area contributed by atoms with Crippen LogP contribution in [0.3, 0.4) is 0 Å². The molecule has 0 heterocycles. The Morgan fingerprint density at radius 3 is 1.60 bits per heavy atom. The molecule has 0 aromatic heterocycles. The number of aliphatic hydroxyl groups excluding tert-OH is 1. The number of nitrogens with one attached hydrogen (secondary N) is 1. The number of phosphoric ester groups is 1. The van der Waals surface area contributed by atoms with E-state index in [-0.39, 0.29) is 5.91 Å². The number of amides is 1. The molecule has 0 spiro atoms. The Labute approximate surface area is 245 Å². The Bertz CT molecular complexity index is 678. The van der Waals surface area contributed by atoms with E-state index in [1.807, 2.05) is 6.08 Å². The zero-order valence-electron chi connectivity index (χ0n) is 25.7. The summed E-state index contributed by atoms with van der Waals surface area (Å²) in [5.41, 5.74) is 0. The number of aliphatic hydroxyl groups is 1. The van der Waals surface area contributed by atoms with Crippen LogP contribution >= 0.6 is 7.82 Å². The molecule has 0 saturated carbocycles.